The van der Waals surface area contributed by atoms with E-state index in [-0.39, 0.29) is 11.6 Å². The predicted molar refractivity (Wildman–Crippen MR) is 107 cm³/mol. The molecule has 0 saturated carbocycles. The van der Waals surface area contributed by atoms with Gasteiger partial charge in [-0.3, -0.25) is 4.79 Å². The molecule has 7 heteroatoms. The third-order valence-corrected chi connectivity index (χ3v) is 3.77. The molecule has 0 atom stereocenters. The minimum Gasteiger partial charge on any atom is -0.492 e. The van der Waals surface area contributed by atoms with Gasteiger partial charge < -0.3 is 15.4 Å². The maximum absolute atomic E-state index is 12.7. The number of carbonyl (C=O) groups is 1. The minimum absolute atomic E-state index is 0.220. The van der Waals surface area contributed by atoms with E-state index in [2.05, 4.69) is 26.7 Å². The molecule has 0 aliphatic heterocycles. The monoisotopic (exact) mass is 373 g/mol. The zero-order valence-electron chi connectivity index (χ0n) is 15.6. The van der Waals surface area contributed by atoms with Gasteiger partial charge >= 0.3 is 0 Å². The predicted octanol–water partition coefficient (Wildman–Crippen LogP) is 4.05. The van der Waals surface area contributed by atoms with Crippen LogP contribution in [0.5, 0.6) is 5.75 Å². The van der Waals surface area contributed by atoms with Gasteiger partial charge in [0.15, 0.2) is 0 Å². The summed E-state index contributed by atoms with van der Waals surface area (Å²) in [6, 6.07) is 17.9. The molecule has 2 N–H and O–H groups in total. The molecule has 140 valence electrons. The van der Waals surface area contributed by atoms with Crippen molar-refractivity contribution in [2.24, 2.45) is 0 Å². The summed E-state index contributed by atoms with van der Waals surface area (Å²) in [6.45, 7) is 4.09. The molecule has 0 unspecified atom stereocenters. The summed E-state index contributed by atoms with van der Waals surface area (Å²) in [4.78, 5) is 21.2. The molecule has 1 amide bonds. The van der Waals surface area contributed by atoms with E-state index in [4.69, 9.17) is 10.00 Å². The second kappa shape index (κ2) is 8.64. The number of hydrogen-bond donors (Lipinski definition) is 2. The van der Waals surface area contributed by atoms with Crippen LogP contribution in [0.4, 0.5) is 17.2 Å². The van der Waals surface area contributed by atoms with Crippen LogP contribution in [0.2, 0.25) is 0 Å². The Morgan fingerprint density at radius 1 is 1.14 bits per heavy atom. The van der Waals surface area contributed by atoms with Crippen molar-refractivity contribution < 1.29 is 9.53 Å². The third-order valence-electron chi connectivity index (χ3n) is 3.77. The number of aromatic nitrogens is 2. The Morgan fingerprint density at radius 2 is 1.96 bits per heavy atom. The topological polar surface area (TPSA) is 99.9 Å². The van der Waals surface area contributed by atoms with Crippen LogP contribution in [0.25, 0.3) is 0 Å². The van der Waals surface area contributed by atoms with Crippen molar-refractivity contribution in [3.05, 3.63) is 71.7 Å². The molecule has 28 heavy (non-hydrogen) atoms. The summed E-state index contributed by atoms with van der Waals surface area (Å²) in [5, 5.41) is 14.9. The molecule has 1 heterocycles. The van der Waals surface area contributed by atoms with Crippen LogP contribution in [-0.2, 0) is 0 Å². The van der Waals surface area contributed by atoms with E-state index < -0.39 is 0 Å². The number of anilines is 3. The van der Waals surface area contributed by atoms with E-state index in [9.17, 15) is 4.79 Å². The first kappa shape index (κ1) is 18.9. The summed E-state index contributed by atoms with van der Waals surface area (Å²) in [7, 11) is 0. The van der Waals surface area contributed by atoms with Gasteiger partial charge in [-0.25, -0.2) is 9.97 Å². The number of benzene rings is 2. The SMILES string of the molecule is CCOc1ccccc1NC(=O)c1cc(Nc2cccc(C#N)c2)nc(C)n1. The smallest absolute Gasteiger partial charge is 0.274 e. The number of aryl methyl sites for hydroxylation is 1. The van der Waals surface area contributed by atoms with Crippen molar-refractivity contribution >= 4 is 23.1 Å². The summed E-state index contributed by atoms with van der Waals surface area (Å²) in [6.07, 6.45) is 0. The van der Waals surface area contributed by atoms with Gasteiger partial charge in [0.2, 0.25) is 0 Å². The molecule has 0 fully saturated rings. The Bertz CT molecular complexity index is 1040. The average molecular weight is 373 g/mol. The van der Waals surface area contributed by atoms with Gasteiger partial charge in [-0.15, -0.1) is 0 Å². The number of carbonyl (C=O) groups excluding carboxylic acids is 1. The molecule has 0 bridgehead atoms. The first-order chi connectivity index (χ1) is 13.6. The van der Waals surface area contributed by atoms with Crippen LogP contribution in [0.15, 0.2) is 54.6 Å². The quantitative estimate of drug-likeness (QED) is 0.676. The molecule has 1 aromatic heterocycles. The van der Waals surface area contributed by atoms with Gasteiger partial charge in [-0.1, -0.05) is 18.2 Å². The Labute approximate surface area is 163 Å². The molecule has 7 nitrogen and oxygen atoms in total. The zero-order valence-corrected chi connectivity index (χ0v) is 15.6. The van der Waals surface area contributed by atoms with E-state index in [0.717, 1.165) is 0 Å². The molecular formula is C21H19N5O2. The summed E-state index contributed by atoms with van der Waals surface area (Å²) >= 11 is 0. The number of nitrogens with zero attached hydrogens (tertiary/aromatic N) is 3. The lowest BCUT2D eigenvalue weighted by Crippen LogP contribution is -2.16. The molecule has 2 aromatic carbocycles. The van der Waals surface area contributed by atoms with E-state index in [0.29, 0.717) is 40.9 Å². The van der Waals surface area contributed by atoms with Crippen molar-refractivity contribution in [2.75, 3.05) is 17.2 Å². The molecule has 0 saturated heterocycles. The molecule has 3 aromatic rings. The van der Waals surface area contributed by atoms with Crippen LogP contribution in [0.3, 0.4) is 0 Å². The van der Waals surface area contributed by atoms with Crippen molar-refractivity contribution in [1.29, 1.82) is 5.26 Å². The summed E-state index contributed by atoms with van der Waals surface area (Å²) in [5.74, 6) is 1.14. The van der Waals surface area contributed by atoms with Gasteiger partial charge in [-0.05, 0) is 44.2 Å². The fourth-order valence-electron chi connectivity index (χ4n) is 2.60. The molecule has 0 aliphatic carbocycles. The molecule has 3 rings (SSSR count). The number of amides is 1. The number of nitrogens with one attached hydrogen (secondary N) is 2. The maximum atomic E-state index is 12.7. The van der Waals surface area contributed by atoms with Crippen LogP contribution < -0.4 is 15.4 Å². The largest absolute Gasteiger partial charge is 0.492 e. The minimum atomic E-state index is -0.369. The lowest BCUT2D eigenvalue weighted by molar-refractivity contribution is 0.102. The first-order valence-electron chi connectivity index (χ1n) is 8.75. The van der Waals surface area contributed by atoms with Crippen molar-refractivity contribution in [2.45, 2.75) is 13.8 Å². The Kier molecular flexibility index (Phi) is 5.82. The zero-order chi connectivity index (χ0) is 19.9. The molecule has 0 aliphatic rings. The number of hydrogen-bond acceptors (Lipinski definition) is 6. The Balaban J connectivity index is 1.83. The van der Waals surface area contributed by atoms with Gasteiger partial charge in [0.1, 0.15) is 23.1 Å². The highest BCUT2D eigenvalue weighted by molar-refractivity contribution is 6.04. The van der Waals surface area contributed by atoms with Gasteiger partial charge in [0, 0.05) is 11.8 Å². The molecule has 0 spiro atoms. The van der Waals surface area contributed by atoms with Gasteiger partial charge in [-0.2, -0.15) is 5.26 Å². The number of rotatable bonds is 6. The number of nitriles is 1. The van der Waals surface area contributed by atoms with Crippen LogP contribution >= 0.6 is 0 Å². The average Bonchev–Trinajstić information content (AvgIpc) is 2.69. The summed E-state index contributed by atoms with van der Waals surface area (Å²) < 4.78 is 5.54. The number of para-hydroxylation sites is 2. The lowest BCUT2D eigenvalue weighted by atomic mass is 10.2. The van der Waals surface area contributed by atoms with Crippen molar-refractivity contribution in [3.8, 4) is 11.8 Å². The standard InChI is InChI=1S/C21H19N5O2/c1-3-28-19-10-5-4-9-17(19)26-21(27)18-12-20(24-14(2)23-18)25-16-8-6-7-15(11-16)13-22/h4-12H,3H2,1-2H3,(H,26,27)(H,23,24,25). The lowest BCUT2D eigenvalue weighted by Gasteiger charge is -2.12. The first-order valence-corrected chi connectivity index (χ1v) is 8.75. The molecule has 0 radical (unpaired) electrons. The van der Waals surface area contributed by atoms with E-state index in [1.807, 2.05) is 25.1 Å². The summed E-state index contributed by atoms with van der Waals surface area (Å²) in [5.41, 5.74) is 2.02. The van der Waals surface area contributed by atoms with Crippen molar-refractivity contribution in [1.82, 2.24) is 9.97 Å². The Morgan fingerprint density at radius 3 is 2.75 bits per heavy atom. The number of ether oxygens (including phenoxy) is 1. The second-order valence-electron chi connectivity index (χ2n) is 5.89. The highest BCUT2D eigenvalue weighted by Crippen LogP contribution is 2.24. The van der Waals surface area contributed by atoms with Crippen LogP contribution in [0.1, 0.15) is 28.8 Å². The van der Waals surface area contributed by atoms with Crippen molar-refractivity contribution in [3.63, 3.8) is 0 Å². The Hall–Kier alpha value is -3.92. The normalized spacial score (nSPS) is 10.0. The highest BCUT2D eigenvalue weighted by atomic mass is 16.5. The van der Waals surface area contributed by atoms with Gasteiger partial charge in [0.25, 0.3) is 5.91 Å². The van der Waals surface area contributed by atoms with Crippen LogP contribution in [0, 0.1) is 18.3 Å². The third kappa shape index (κ3) is 4.62. The van der Waals surface area contributed by atoms with E-state index >= 15 is 0 Å². The fraction of sp³-hybridized carbons (Fsp3) is 0.143. The van der Waals surface area contributed by atoms with E-state index in [1.165, 1.54) is 0 Å². The maximum Gasteiger partial charge on any atom is 0.274 e. The molecular weight excluding hydrogens is 354 g/mol. The second-order valence-corrected chi connectivity index (χ2v) is 5.89. The van der Waals surface area contributed by atoms with Gasteiger partial charge in [0.05, 0.1) is 23.9 Å². The highest BCUT2D eigenvalue weighted by Gasteiger charge is 2.13. The van der Waals surface area contributed by atoms with E-state index in [1.54, 1.807) is 43.3 Å². The van der Waals surface area contributed by atoms with Crippen LogP contribution in [-0.4, -0.2) is 22.5 Å². The fourth-order valence-corrected chi connectivity index (χ4v) is 2.60.